The van der Waals surface area contributed by atoms with E-state index < -0.39 is 22.8 Å². The largest absolute Gasteiger partial charge is 0.467 e. The summed E-state index contributed by atoms with van der Waals surface area (Å²) in [4.78, 5) is 22.1. The maximum Gasteiger partial charge on any atom is 0.328 e. The molecule has 116 valence electrons. The molecule has 8 heteroatoms. The molecule has 0 spiro atoms. The number of nitro groups is 1. The maximum atomic E-state index is 13.6. The Morgan fingerprint density at radius 3 is 2.62 bits per heavy atom. The highest BCUT2D eigenvalue weighted by Crippen LogP contribution is 2.31. The van der Waals surface area contributed by atoms with Gasteiger partial charge in [0.05, 0.1) is 16.5 Å². The van der Waals surface area contributed by atoms with Crippen LogP contribution >= 0.6 is 15.9 Å². The third-order valence-electron chi connectivity index (χ3n) is 2.76. The van der Waals surface area contributed by atoms with Gasteiger partial charge in [-0.05, 0) is 28.3 Å². The molecule has 0 aromatic heterocycles. The van der Waals surface area contributed by atoms with Gasteiger partial charge in [0.1, 0.15) is 17.5 Å². The molecular formula is C13H16BrFN2O4. The van der Waals surface area contributed by atoms with Crippen molar-refractivity contribution < 1.29 is 18.8 Å². The van der Waals surface area contributed by atoms with Crippen molar-refractivity contribution in [1.29, 1.82) is 0 Å². The monoisotopic (exact) mass is 362 g/mol. The van der Waals surface area contributed by atoms with E-state index in [4.69, 9.17) is 0 Å². The highest BCUT2D eigenvalue weighted by Gasteiger charge is 2.25. The van der Waals surface area contributed by atoms with Crippen LogP contribution < -0.4 is 5.32 Å². The van der Waals surface area contributed by atoms with E-state index in [2.05, 4.69) is 26.0 Å². The topological polar surface area (TPSA) is 81.5 Å². The van der Waals surface area contributed by atoms with Crippen molar-refractivity contribution in [2.24, 2.45) is 5.92 Å². The number of carbonyl (C=O) groups excluding carboxylic acids is 1. The zero-order chi connectivity index (χ0) is 16.2. The van der Waals surface area contributed by atoms with Gasteiger partial charge in [-0.15, -0.1) is 0 Å². The van der Waals surface area contributed by atoms with Crippen molar-refractivity contribution in [3.8, 4) is 0 Å². The van der Waals surface area contributed by atoms with Crippen LogP contribution in [0.2, 0.25) is 0 Å². The number of carbonyl (C=O) groups is 1. The van der Waals surface area contributed by atoms with E-state index in [-0.39, 0.29) is 21.8 Å². The molecule has 0 fully saturated rings. The Morgan fingerprint density at radius 2 is 2.14 bits per heavy atom. The third kappa shape index (κ3) is 4.66. The Hall–Kier alpha value is -1.70. The fraction of sp³-hybridized carbons (Fsp3) is 0.462. The van der Waals surface area contributed by atoms with Crippen LogP contribution in [0.5, 0.6) is 0 Å². The van der Waals surface area contributed by atoms with Crippen LogP contribution in [0.1, 0.15) is 20.3 Å². The van der Waals surface area contributed by atoms with Crippen LogP contribution in [0, 0.1) is 21.8 Å². The molecule has 1 N–H and O–H groups in total. The number of methoxy groups -OCH3 is 1. The summed E-state index contributed by atoms with van der Waals surface area (Å²) in [6.45, 7) is 3.79. The molecule has 1 unspecified atom stereocenters. The summed E-state index contributed by atoms with van der Waals surface area (Å²) in [7, 11) is 1.23. The van der Waals surface area contributed by atoms with Gasteiger partial charge < -0.3 is 10.1 Å². The molecule has 0 aliphatic carbocycles. The van der Waals surface area contributed by atoms with Crippen LogP contribution in [0.3, 0.4) is 0 Å². The molecule has 1 aromatic carbocycles. The number of hydrogen-bond donors (Lipinski definition) is 1. The molecule has 0 radical (unpaired) electrons. The zero-order valence-corrected chi connectivity index (χ0v) is 13.4. The lowest BCUT2D eigenvalue weighted by Gasteiger charge is -2.19. The first-order chi connectivity index (χ1) is 9.76. The Labute approximate surface area is 129 Å². The highest BCUT2D eigenvalue weighted by atomic mass is 79.9. The first kappa shape index (κ1) is 17.4. The van der Waals surface area contributed by atoms with Gasteiger partial charge in [-0.1, -0.05) is 13.8 Å². The van der Waals surface area contributed by atoms with Crippen molar-refractivity contribution in [2.75, 3.05) is 12.4 Å². The Bertz CT molecular complexity index is 551. The summed E-state index contributed by atoms with van der Waals surface area (Å²) in [5.41, 5.74) is -0.377. The van der Waals surface area contributed by atoms with Gasteiger partial charge in [-0.2, -0.15) is 0 Å². The Balaban J connectivity index is 3.15. The van der Waals surface area contributed by atoms with Gasteiger partial charge in [0, 0.05) is 12.1 Å². The van der Waals surface area contributed by atoms with E-state index in [9.17, 15) is 19.3 Å². The number of ether oxygens (including phenoxy) is 1. The van der Waals surface area contributed by atoms with E-state index in [1.54, 1.807) is 0 Å². The van der Waals surface area contributed by atoms with Gasteiger partial charge >= 0.3 is 5.97 Å². The normalized spacial score (nSPS) is 12.1. The summed E-state index contributed by atoms with van der Waals surface area (Å²) in [6, 6.07) is 1.26. The van der Waals surface area contributed by atoms with E-state index >= 15 is 0 Å². The third-order valence-corrected chi connectivity index (χ3v) is 3.37. The minimum Gasteiger partial charge on any atom is -0.467 e. The first-order valence-corrected chi connectivity index (χ1v) is 7.03. The summed E-state index contributed by atoms with van der Waals surface area (Å²) < 4.78 is 18.2. The predicted octanol–water partition coefficient (Wildman–Crippen LogP) is 3.50. The Morgan fingerprint density at radius 1 is 1.52 bits per heavy atom. The fourth-order valence-electron chi connectivity index (χ4n) is 1.82. The number of nitrogens with one attached hydrogen (secondary N) is 1. The first-order valence-electron chi connectivity index (χ1n) is 6.24. The highest BCUT2D eigenvalue weighted by molar-refractivity contribution is 9.10. The molecule has 0 aliphatic heterocycles. The van der Waals surface area contributed by atoms with E-state index in [1.165, 1.54) is 7.11 Å². The number of anilines is 1. The summed E-state index contributed by atoms with van der Waals surface area (Å²) >= 11 is 2.90. The second kappa shape index (κ2) is 7.35. The number of hydrogen-bond acceptors (Lipinski definition) is 5. The van der Waals surface area contributed by atoms with Gasteiger partial charge in [0.2, 0.25) is 0 Å². The van der Waals surface area contributed by atoms with E-state index in [0.29, 0.717) is 6.42 Å². The van der Waals surface area contributed by atoms with Gasteiger partial charge in [-0.3, -0.25) is 10.1 Å². The molecule has 1 rings (SSSR count). The summed E-state index contributed by atoms with van der Waals surface area (Å²) in [5.74, 6) is -1.06. The molecular weight excluding hydrogens is 347 g/mol. The number of rotatable bonds is 6. The maximum absolute atomic E-state index is 13.6. The summed E-state index contributed by atoms with van der Waals surface area (Å²) in [6.07, 6.45) is 0.404. The molecule has 6 nitrogen and oxygen atoms in total. The number of halogens is 2. The van der Waals surface area contributed by atoms with Crippen LogP contribution in [-0.4, -0.2) is 24.0 Å². The van der Waals surface area contributed by atoms with Crippen LogP contribution in [0.25, 0.3) is 0 Å². The SMILES string of the molecule is COC(=O)C(CC(C)C)Nc1cc(F)c(Br)cc1[N+](=O)[O-]. The number of benzene rings is 1. The van der Waals surface area contributed by atoms with Crippen molar-refractivity contribution in [3.05, 3.63) is 32.5 Å². The minimum absolute atomic E-state index is 0.0155. The Kier molecular flexibility index (Phi) is 6.07. The number of esters is 1. The van der Waals surface area contributed by atoms with Crippen LogP contribution in [0.4, 0.5) is 15.8 Å². The molecule has 21 heavy (non-hydrogen) atoms. The lowest BCUT2D eigenvalue weighted by Crippen LogP contribution is -2.32. The molecule has 0 bridgehead atoms. The van der Waals surface area contributed by atoms with Gasteiger partial charge in [0.15, 0.2) is 0 Å². The molecule has 0 saturated heterocycles. The van der Waals surface area contributed by atoms with E-state index in [1.807, 2.05) is 13.8 Å². The molecule has 0 aliphatic rings. The van der Waals surface area contributed by atoms with Crippen molar-refractivity contribution >= 4 is 33.3 Å². The molecule has 0 amide bonds. The summed E-state index contributed by atoms with van der Waals surface area (Å²) in [5, 5.41) is 13.7. The second-order valence-corrected chi connectivity index (χ2v) is 5.74. The number of nitro benzene ring substituents is 1. The van der Waals surface area contributed by atoms with E-state index in [0.717, 1.165) is 12.1 Å². The minimum atomic E-state index is -0.783. The standard InChI is InChI=1S/C13H16BrFN2O4/c1-7(2)4-11(13(18)21-3)16-10-6-9(15)8(14)5-12(10)17(19)20/h5-7,11,16H,4H2,1-3H3. The van der Waals surface area contributed by atoms with Gasteiger partial charge in [0.25, 0.3) is 5.69 Å². The van der Waals surface area contributed by atoms with Gasteiger partial charge in [-0.25, -0.2) is 9.18 Å². The zero-order valence-electron chi connectivity index (χ0n) is 11.9. The van der Waals surface area contributed by atoms with Crippen molar-refractivity contribution in [2.45, 2.75) is 26.3 Å². The average Bonchev–Trinajstić information content (AvgIpc) is 2.40. The molecule has 1 aromatic rings. The number of nitrogens with zero attached hydrogens (tertiary/aromatic N) is 1. The fourth-order valence-corrected chi connectivity index (χ4v) is 2.15. The van der Waals surface area contributed by atoms with Crippen molar-refractivity contribution in [1.82, 2.24) is 0 Å². The molecule has 0 heterocycles. The lowest BCUT2D eigenvalue weighted by atomic mass is 10.0. The smallest absolute Gasteiger partial charge is 0.328 e. The van der Waals surface area contributed by atoms with Crippen LogP contribution in [-0.2, 0) is 9.53 Å². The average molecular weight is 363 g/mol. The predicted molar refractivity (Wildman–Crippen MR) is 79.6 cm³/mol. The second-order valence-electron chi connectivity index (χ2n) is 4.89. The lowest BCUT2D eigenvalue weighted by molar-refractivity contribution is -0.384. The van der Waals surface area contributed by atoms with Crippen LogP contribution in [0.15, 0.2) is 16.6 Å². The molecule has 0 saturated carbocycles. The molecule has 1 atom stereocenters. The quantitative estimate of drug-likeness (QED) is 0.475. The van der Waals surface area contributed by atoms with Crippen molar-refractivity contribution in [3.63, 3.8) is 0 Å².